The first-order valence-corrected chi connectivity index (χ1v) is 16.0. The van der Waals surface area contributed by atoms with Gasteiger partial charge in [0, 0.05) is 39.3 Å². The van der Waals surface area contributed by atoms with Gasteiger partial charge in [0.1, 0.15) is 6.04 Å². The summed E-state index contributed by atoms with van der Waals surface area (Å²) in [7, 11) is 0. The monoisotopic (exact) mass is 646 g/mol. The summed E-state index contributed by atoms with van der Waals surface area (Å²) in [5.74, 6) is 0.528. The van der Waals surface area contributed by atoms with E-state index in [0.717, 1.165) is 46.8 Å². The van der Waals surface area contributed by atoms with Crippen LogP contribution >= 0.6 is 50.9 Å². The van der Waals surface area contributed by atoms with Crippen molar-refractivity contribution < 1.29 is 9.59 Å². The molecule has 0 aliphatic heterocycles. The van der Waals surface area contributed by atoms with Crippen molar-refractivity contribution in [2.24, 2.45) is 0 Å². The summed E-state index contributed by atoms with van der Waals surface area (Å²) in [4.78, 5) is 29.5. The van der Waals surface area contributed by atoms with Gasteiger partial charge in [-0.05, 0) is 53.8 Å². The second-order valence-electron chi connectivity index (χ2n) is 9.89. The molecule has 1 saturated carbocycles. The quantitative estimate of drug-likeness (QED) is 0.229. The minimum absolute atomic E-state index is 0.0896. The maximum absolute atomic E-state index is 13.9. The first kappa shape index (κ1) is 30.0. The number of nitrogens with one attached hydrogen (secondary N) is 1. The van der Waals surface area contributed by atoms with Crippen LogP contribution in [0.15, 0.2) is 77.3 Å². The Labute approximate surface area is 254 Å². The largest absolute Gasteiger partial charge is 0.352 e. The molecule has 0 bridgehead atoms. The van der Waals surface area contributed by atoms with E-state index in [1.807, 2.05) is 60.7 Å². The first-order chi connectivity index (χ1) is 18.9. The van der Waals surface area contributed by atoms with Gasteiger partial charge >= 0.3 is 0 Å². The Kier molecular flexibility index (Phi) is 11.6. The summed E-state index contributed by atoms with van der Waals surface area (Å²) in [6.45, 7) is 0.335. The number of rotatable bonds is 11. The number of carbonyl (C=O) groups excluding carboxylic acids is 2. The molecule has 1 aliphatic carbocycles. The number of hydrogen-bond donors (Lipinski definition) is 1. The van der Waals surface area contributed by atoms with E-state index < -0.39 is 6.04 Å². The van der Waals surface area contributed by atoms with Gasteiger partial charge in [0.15, 0.2) is 0 Å². The Morgan fingerprint density at radius 2 is 1.59 bits per heavy atom. The van der Waals surface area contributed by atoms with E-state index in [1.54, 1.807) is 17.0 Å². The Balaban J connectivity index is 1.58. The van der Waals surface area contributed by atoms with E-state index in [-0.39, 0.29) is 23.6 Å². The molecule has 2 amide bonds. The van der Waals surface area contributed by atoms with E-state index in [0.29, 0.717) is 28.8 Å². The molecule has 0 saturated heterocycles. The van der Waals surface area contributed by atoms with Crippen molar-refractivity contribution in [1.29, 1.82) is 0 Å². The number of thioether (sulfide) groups is 1. The highest BCUT2D eigenvalue weighted by atomic mass is 79.9. The standard InChI is InChI=1S/C31H33BrCl2N2O2S/c32-24-12-7-11-23(17-24)19-36(30(37)21-39-20-26-27(33)15-8-16-28(26)34)29(18-22-9-3-1-4-10-22)31(38)35-25-13-5-2-6-14-25/h1,3-4,7-12,15-17,25,29H,2,5-6,13-14,18-21H2,(H,35,38)/t29-/m0/s1. The van der Waals surface area contributed by atoms with E-state index in [2.05, 4.69) is 21.2 Å². The summed E-state index contributed by atoms with van der Waals surface area (Å²) in [6.07, 6.45) is 5.86. The van der Waals surface area contributed by atoms with Crippen molar-refractivity contribution in [3.63, 3.8) is 0 Å². The molecule has 0 heterocycles. The molecule has 0 aromatic heterocycles. The summed E-state index contributed by atoms with van der Waals surface area (Å²) in [6, 6.07) is 22.7. The average molecular weight is 648 g/mol. The zero-order valence-electron chi connectivity index (χ0n) is 21.8. The molecular weight excluding hydrogens is 615 g/mol. The minimum Gasteiger partial charge on any atom is -0.352 e. The molecule has 3 aromatic carbocycles. The molecular formula is C31H33BrCl2N2O2S. The third kappa shape index (κ3) is 9.01. The average Bonchev–Trinajstić information content (AvgIpc) is 2.93. The van der Waals surface area contributed by atoms with Gasteiger partial charge in [-0.1, -0.05) is 107 Å². The normalized spacial score (nSPS) is 14.5. The lowest BCUT2D eigenvalue weighted by atomic mass is 9.94. The molecule has 1 atom stereocenters. The topological polar surface area (TPSA) is 49.4 Å². The number of hydrogen-bond acceptors (Lipinski definition) is 3. The lowest BCUT2D eigenvalue weighted by Crippen LogP contribution is -2.53. The number of benzene rings is 3. The molecule has 8 heteroatoms. The highest BCUT2D eigenvalue weighted by Crippen LogP contribution is 2.29. The van der Waals surface area contributed by atoms with Gasteiger partial charge in [-0.15, -0.1) is 11.8 Å². The molecule has 1 fully saturated rings. The molecule has 1 aliphatic rings. The highest BCUT2D eigenvalue weighted by Gasteiger charge is 2.32. The summed E-state index contributed by atoms with van der Waals surface area (Å²) >= 11 is 17.7. The van der Waals surface area contributed by atoms with Gasteiger partial charge in [0.25, 0.3) is 0 Å². The SMILES string of the molecule is O=C(NC1CCCCC1)[C@H](Cc1ccccc1)N(Cc1cccc(Br)c1)C(=O)CSCc1c(Cl)cccc1Cl. The molecule has 39 heavy (non-hydrogen) atoms. The van der Waals surface area contributed by atoms with Crippen molar-refractivity contribution in [2.45, 2.75) is 62.9 Å². The van der Waals surface area contributed by atoms with Gasteiger partial charge in [0.2, 0.25) is 11.8 Å². The minimum atomic E-state index is -0.634. The first-order valence-electron chi connectivity index (χ1n) is 13.3. The second kappa shape index (κ2) is 15.1. The maximum atomic E-state index is 13.9. The Bertz CT molecular complexity index is 1230. The third-order valence-corrected chi connectivity index (χ3v) is 9.14. The summed E-state index contributed by atoms with van der Waals surface area (Å²) in [5, 5.41) is 4.46. The Morgan fingerprint density at radius 3 is 2.28 bits per heavy atom. The van der Waals surface area contributed by atoms with E-state index in [9.17, 15) is 9.59 Å². The molecule has 3 aromatic rings. The van der Waals surface area contributed by atoms with Crippen molar-refractivity contribution in [1.82, 2.24) is 10.2 Å². The van der Waals surface area contributed by atoms with Crippen LogP contribution in [-0.2, 0) is 28.3 Å². The Morgan fingerprint density at radius 1 is 0.923 bits per heavy atom. The van der Waals surface area contributed by atoms with Gasteiger partial charge in [-0.3, -0.25) is 9.59 Å². The molecule has 4 rings (SSSR count). The predicted octanol–water partition coefficient (Wildman–Crippen LogP) is 8.08. The van der Waals surface area contributed by atoms with Crippen LogP contribution in [0.3, 0.4) is 0 Å². The number of nitrogens with zero attached hydrogens (tertiary/aromatic N) is 1. The van der Waals surface area contributed by atoms with Gasteiger partial charge < -0.3 is 10.2 Å². The number of carbonyl (C=O) groups is 2. The van der Waals surface area contributed by atoms with Crippen LogP contribution < -0.4 is 5.32 Å². The molecule has 0 radical (unpaired) electrons. The van der Waals surface area contributed by atoms with Crippen molar-refractivity contribution in [2.75, 3.05) is 5.75 Å². The molecule has 0 unspecified atom stereocenters. The van der Waals surface area contributed by atoms with Crippen LogP contribution in [0.4, 0.5) is 0 Å². The van der Waals surface area contributed by atoms with Crippen LogP contribution in [0, 0.1) is 0 Å². The van der Waals surface area contributed by atoms with Crippen LogP contribution in [0.25, 0.3) is 0 Å². The van der Waals surface area contributed by atoms with E-state index in [4.69, 9.17) is 23.2 Å². The molecule has 0 spiro atoms. The van der Waals surface area contributed by atoms with Crippen molar-refractivity contribution >= 4 is 62.7 Å². The number of amides is 2. The van der Waals surface area contributed by atoms with Crippen LogP contribution in [0.5, 0.6) is 0 Å². The highest BCUT2D eigenvalue weighted by molar-refractivity contribution is 9.10. The van der Waals surface area contributed by atoms with E-state index >= 15 is 0 Å². The molecule has 4 nitrogen and oxygen atoms in total. The fraction of sp³-hybridized carbons (Fsp3) is 0.355. The van der Waals surface area contributed by atoms with Gasteiger partial charge in [-0.25, -0.2) is 0 Å². The zero-order valence-corrected chi connectivity index (χ0v) is 25.7. The Hall–Kier alpha value is -1.99. The van der Waals surface area contributed by atoms with Crippen molar-refractivity contribution in [3.05, 3.63) is 104 Å². The van der Waals surface area contributed by atoms with Gasteiger partial charge in [0.05, 0.1) is 5.75 Å². The molecule has 206 valence electrons. The number of halogens is 3. The predicted molar refractivity (Wildman–Crippen MR) is 166 cm³/mol. The van der Waals surface area contributed by atoms with Gasteiger partial charge in [-0.2, -0.15) is 0 Å². The van der Waals surface area contributed by atoms with E-state index in [1.165, 1.54) is 18.2 Å². The fourth-order valence-electron chi connectivity index (χ4n) is 4.92. The lowest BCUT2D eigenvalue weighted by Gasteiger charge is -2.33. The van der Waals surface area contributed by atoms with Crippen LogP contribution in [0.1, 0.15) is 48.8 Å². The second-order valence-corrected chi connectivity index (χ2v) is 12.6. The van der Waals surface area contributed by atoms with Crippen LogP contribution in [-0.4, -0.2) is 34.6 Å². The summed E-state index contributed by atoms with van der Waals surface area (Å²) in [5.41, 5.74) is 2.79. The zero-order chi connectivity index (χ0) is 27.6. The maximum Gasteiger partial charge on any atom is 0.243 e. The molecule has 1 N–H and O–H groups in total. The third-order valence-electron chi connectivity index (χ3n) is 7.00. The van der Waals surface area contributed by atoms with Crippen LogP contribution in [0.2, 0.25) is 10.0 Å². The summed E-state index contributed by atoms with van der Waals surface area (Å²) < 4.78 is 0.932. The van der Waals surface area contributed by atoms with Crippen molar-refractivity contribution in [3.8, 4) is 0 Å². The smallest absolute Gasteiger partial charge is 0.243 e. The fourth-order valence-corrected chi connectivity index (χ4v) is 7.02. The lowest BCUT2D eigenvalue weighted by molar-refractivity contribution is -0.139.